The van der Waals surface area contributed by atoms with E-state index in [1.807, 2.05) is 6.92 Å². The van der Waals surface area contributed by atoms with Crippen molar-refractivity contribution in [3.05, 3.63) is 29.8 Å². The molecule has 6 nitrogen and oxygen atoms in total. The zero-order valence-electron chi connectivity index (χ0n) is 13.3. The van der Waals surface area contributed by atoms with Gasteiger partial charge in [0.25, 0.3) is 5.91 Å². The molecule has 2 amide bonds. The highest BCUT2D eigenvalue weighted by molar-refractivity contribution is 6.01. The van der Waals surface area contributed by atoms with Crippen molar-refractivity contribution < 1.29 is 14.3 Å². The molecule has 0 aliphatic heterocycles. The van der Waals surface area contributed by atoms with Gasteiger partial charge in [-0.1, -0.05) is 6.07 Å². The number of amides is 2. The molecule has 23 heavy (non-hydrogen) atoms. The molecule has 0 spiro atoms. The molecule has 1 saturated carbocycles. The van der Waals surface area contributed by atoms with Gasteiger partial charge in [-0.2, -0.15) is 0 Å². The Bertz CT molecular complexity index is 547. The molecule has 128 valence electrons. The van der Waals surface area contributed by atoms with Gasteiger partial charge >= 0.3 is 0 Å². The molecule has 0 saturated heterocycles. The number of ether oxygens (including phenoxy) is 1. The summed E-state index contributed by atoms with van der Waals surface area (Å²) in [6, 6.07) is 6.85. The van der Waals surface area contributed by atoms with Gasteiger partial charge in [0.05, 0.1) is 5.54 Å². The summed E-state index contributed by atoms with van der Waals surface area (Å²) in [6.07, 6.45) is 2.18. The lowest BCUT2D eigenvalue weighted by molar-refractivity contribution is -0.118. The lowest BCUT2D eigenvalue weighted by atomic mass is 10.1. The molecule has 0 radical (unpaired) electrons. The molecule has 4 N–H and O–H groups in total. The van der Waals surface area contributed by atoms with Crippen molar-refractivity contribution in [1.29, 1.82) is 0 Å². The monoisotopic (exact) mass is 341 g/mol. The van der Waals surface area contributed by atoms with Crippen molar-refractivity contribution >= 4 is 29.9 Å². The van der Waals surface area contributed by atoms with Gasteiger partial charge in [-0.15, -0.1) is 12.4 Å². The third-order valence-electron chi connectivity index (χ3n) is 3.58. The van der Waals surface area contributed by atoms with Gasteiger partial charge in [-0.3, -0.25) is 9.59 Å². The van der Waals surface area contributed by atoms with E-state index in [0.717, 1.165) is 6.42 Å². The van der Waals surface area contributed by atoms with Crippen LogP contribution in [-0.2, 0) is 9.53 Å². The molecule has 1 aromatic rings. The summed E-state index contributed by atoms with van der Waals surface area (Å²) in [7, 11) is 0. The first-order valence-corrected chi connectivity index (χ1v) is 7.61. The average molecular weight is 342 g/mol. The Balaban J connectivity index is 0.00000264. The average Bonchev–Trinajstić information content (AvgIpc) is 3.26. The molecule has 0 bridgehead atoms. The predicted octanol–water partition coefficient (Wildman–Crippen LogP) is 1.69. The summed E-state index contributed by atoms with van der Waals surface area (Å²) < 4.78 is 5.21. The molecule has 0 heterocycles. The third-order valence-corrected chi connectivity index (χ3v) is 3.58. The second-order valence-electron chi connectivity index (χ2n) is 5.50. The van der Waals surface area contributed by atoms with Gasteiger partial charge in [0.15, 0.2) is 0 Å². The standard InChI is InChI=1S/C16H23N3O3.ClH/c1-2-22-10-4-9-18-14(20)12-5-3-6-13(11-12)19-15(21)16(17)7-8-16;/h3,5-6,11H,2,4,7-10,17H2,1H3,(H,18,20)(H,19,21);1H. The van der Waals surface area contributed by atoms with Crippen molar-refractivity contribution in [1.82, 2.24) is 5.32 Å². The molecular formula is C16H24ClN3O3. The zero-order chi connectivity index (χ0) is 16.0. The zero-order valence-corrected chi connectivity index (χ0v) is 14.1. The molecule has 1 aliphatic rings. The first-order valence-electron chi connectivity index (χ1n) is 7.61. The number of halogens is 1. The molecule has 0 unspecified atom stereocenters. The summed E-state index contributed by atoms with van der Waals surface area (Å²) in [6.45, 7) is 3.80. The number of carbonyl (C=O) groups is 2. The van der Waals surface area contributed by atoms with Crippen LogP contribution in [0.5, 0.6) is 0 Å². The van der Waals surface area contributed by atoms with Crippen molar-refractivity contribution in [3.8, 4) is 0 Å². The normalized spacial score (nSPS) is 14.5. The van der Waals surface area contributed by atoms with Crippen LogP contribution in [0.1, 0.15) is 36.5 Å². The van der Waals surface area contributed by atoms with E-state index in [1.54, 1.807) is 24.3 Å². The van der Waals surface area contributed by atoms with E-state index < -0.39 is 5.54 Å². The molecule has 0 aromatic heterocycles. The van der Waals surface area contributed by atoms with Gasteiger partial charge in [0.2, 0.25) is 5.91 Å². The highest BCUT2D eigenvalue weighted by Gasteiger charge is 2.45. The minimum absolute atomic E-state index is 0. The van der Waals surface area contributed by atoms with Crippen LogP contribution in [0.2, 0.25) is 0 Å². The Morgan fingerprint density at radius 3 is 2.74 bits per heavy atom. The molecule has 2 rings (SSSR count). The van der Waals surface area contributed by atoms with E-state index in [0.29, 0.717) is 43.9 Å². The van der Waals surface area contributed by atoms with Gasteiger partial charge in [-0.05, 0) is 44.4 Å². The van der Waals surface area contributed by atoms with Crippen LogP contribution < -0.4 is 16.4 Å². The Labute approximate surface area is 142 Å². The fourth-order valence-electron chi connectivity index (χ4n) is 1.98. The van der Waals surface area contributed by atoms with Crippen LogP contribution in [0.25, 0.3) is 0 Å². The van der Waals surface area contributed by atoms with Crippen LogP contribution in [-0.4, -0.2) is 37.1 Å². The smallest absolute Gasteiger partial charge is 0.251 e. The van der Waals surface area contributed by atoms with Crippen molar-refractivity contribution in [2.45, 2.75) is 31.7 Å². The van der Waals surface area contributed by atoms with Gasteiger partial charge in [-0.25, -0.2) is 0 Å². The summed E-state index contributed by atoms with van der Waals surface area (Å²) in [5.41, 5.74) is 6.21. The number of nitrogens with one attached hydrogen (secondary N) is 2. The first-order chi connectivity index (χ1) is 10.5. The molecular weight excluding hydrogens is 318 g/mol. The predicted molar refractivity (Wildman–Crippen MR) is 91.9 cm³/mol. The fraction of sp³-hybridized carbons (Fsp3) is 0.500. The number of benzene rings is 1. The lowest BCUT2D eigenvalue weighted by Crippen LogP contribution is -2.37. The van der Waals surface area contributed by atoms with Crippen LogP contribution >= 0.6 is 12.4 Å². The number of nitrogens with two attached hydrogens (primary N) is 1. The van der Waals surface area contributed by atoms with E-state index in [1.165, 1.54) is 0 Å². The second kappa shape index (κ2) is 8.86. The Hall–Kier alpha value is -1.63. The largest absolute Gasteiger partial charge is 0.382 e. The number of hydrogen-bond donors (Lipinski definition) is 3. The number of rotatable bonds is 8. The van der Waals surface area contributed by atoms with E-state index in [2.05, 4.69) is 10.6 Å². The fourth-order valence-corrected chi connectivity index (χ4v) is 1.98. The quantitative estimate of drug-likeness (QED) is 0.627. The maximum absolute atomic E-state index is 12.0. The maximum Gasteiger partial charge on any atom is 0.251 e. The SMILES string of the molecule is CCOCCCNC(=O)c1cccc(NC(=O)C2(N)CC2)c1.Cl. The minimum Gasteiger partial charge on any atom is -0.382 e. The Morgan fingerprint density at radius 1 is 1.35 bits per heavy atom. The molecule has 7 heteroatoms. The first kappa shape index (κ1) is 19.4. The van der Waals surface area contributed by atoms with Gasteiger partial charge in [0, 0.05) is 31.0 Å². The van der Waals surface area contributed by atoms with Gasteiger partial charge in [0.1, 0.15) is 0 Å². The molecule has 1 fully saturated rings. The Kier molecular flexibility index (Phi) is 7.48. The summed E-state index contributed by atoms with van der Waals surface area (Å²) in [5, 5.41) is 5.58. The van der Waals surface area contributed by atoms with E-state index in [4.69, 9.17) is 10.5 Å². The summed E-state index contributed by atoms with van der Waals surface area (Å²) in [5.74, 6) is -0.358. The number of hydrogen-bond acceptors (Lipinski definition) is 4. The van der Waals surface area contributed by atoms with Crippen LogP contribution in [0.15, 0.2) is 24.3 Å². The topological polar surface area (TPSA) is 93.5 Å². The van der Waals surface area contributed by atoms with Crippen LogP contribution in [0.3, 0.4) is 0 Å². The van der Waals surface area contributed by atoms with Crippen LogP contribution in [0, 0.1) is 0 Å². The van der Waals surface area contributed by atoms with Crippen LogP contribution in [0.4, 0.5) is 5.69 Å². The lowest BCUT2D eigenvalue weighted by Gasteiger charge is -2.11. The highest BCUT2D eigenvalue weighted by Crippen LogP contribution is 2.33. The maximum atomic E-state index is 12.0. The summed E-state index contributed by atoms with van der Waals surface area (Å²) >= 11 is 0. The Morgan fingerprint density at radius 2 is 2.09 bits per heavy atom. The van der Waals surface area contributed by atoms with E-state index in [-0.39, 0.29) is 24.2 Å². The van der Waals surface area contributed by atoms with Crippen molar-refractivity contribution in [2.75, 3.05) is 25.1 Å². The van der Waals surface area contributed by atoms with Crippen molar-refractivity contribution in [3.63, 3.8) is 0 Å². The van der Waals surface area contributed by atoms with Gasteiger partial charge < -0.3 is 21.1 Å². The number of carbonyl (C=O) groups excluding carboxylic acids is 2. The van der Waals surface area contributed by atoms with E-state index >= 15 is 0 Å². The van der Waals surface area contributed by atoms with Crippen molar-refractivity contribution in [2.24, 2.45) is 5.73 Å². The third kappa shape index (κ3) is 5.82. The summed E-state index contributed by atoms with van der Waals surface area (Å²) in [4.78, 5) is 23.9. The molecule has 1 aromatic carbocycles. The highest BCUT2D eigenvalue weighted by atomic mass is 35.5. The molecule has 0 atom stereocenters. The minimum atomic E-state index is -0.725. The van der Waals surface area contributed by atoms with E-state index in [9.17, 15) is 9.59 Å². The number of anilines is 1. The second-order valence-corrected chi connectivity index (χ2v) is 5.50. The molecule has 1 aliphatic carbocycles.